The standard InChI is InChI=1S/C15H20FN3O2/c1-9(2)15-18-14(21-19-15)8-20-13-6-11(4-10(3)17)5-12(16)7-13/h5-7,9-10H,4,8,17H2,1-3H3. The van der Waals surface area contributed by atoms with Crippen LogP contribution in [0.1, 0.15) is 44.0 Å². The number of nitrogens with zero attached hydrogens (tertiary/aromatic N) is 2. The van der Waals surface area contributed by atoms with Crippen LogP contribution in [0.2, 0.25) is 0 Å². The van der Waals surface area contributed by atoms with Crippen molar-refractivity contribution in [3.63, 3.8) is 0 Å². The number of aromatic nitrogens is 2. The molecule has 0 fully saturated rings. The summed E-state index contributed by atoms with van der Waals surface area (Å²) in [6.45, 7) is 5.93. The predicted octanol–water partition coefficient (Wildman–Crippen LogP) is 2.80. The average Bonchev–Trinajstić information content (AvgIpc) is 2.83. The molecule has 2 rings (SSSR count). The van der Waals surface area contributed by atoms with Gasteiger partial charge in [0.05, 0.1) is 0 Å². The Morgan fingerprint density at radius 2 is 2.05 bits per heavy atom. The number of benzene rings is 1. The minimum Gasteiger partial charge on any atom is -0.484 e. The molecule has 1 atom stereocenters. The molecule has 21 heavy (non-hydrogen) atoms. The van der Waals surface area contributed by atoms with Crippen molar-refractivity contribution in [1.82, 2.24) is 10.1 Å². The van der Waals surface area contributed by atoms with Crippen LogP contribution in [0.3, 0.4) is 0 Å². The summed E-state index contributed by atoms with van der Waals surface area (Å²) in [5.74, 6) is 1.27. The third-order valence-electron chi connectivity index (χ3n) is 2.85. The SMILES string of the molecule is CC(N)Cc1cc(F)cc(OCc2nc(C(C)C)no2)c1. The summed E-state index contributed by atoms with van der Waals surface area (Å²) in [7, 11) is 0. The van der Waals surface area contributed by atoms with Crippen LogP contribution in [0.25, 0.3) is 0 Å². The highest BCUT2D eigenvalue weighted by molar-refractivity contribution is 5.30. The van der Waals surface area contributed by atoms with Crippen LogP contribution in [0.5, 0.6) is 5.75 Å². The largest absolute Gasteiger partial charge is 0.484 e. The van der Waals surface area contributed by atoms with E-state index in [0.29, 0.717) is 23.9 Å². The highest BCUT2D eigenvalue weighted by Crippen LogP contribution is 2.19. The molecule has 0 aliphatic carbocycles. The minimum atomic E-state index is -0.350. The zero-order chi connectivity index (χ0) is 15.4. The van der Waals surface area contributed by atoms with E-state index >= 15 is 0 Å². The lowest BCUT2D eigenvalue weighted by Crippen LogP contribution is -2.17. The second kappa shape index (κ2) is 6.67. The van der Waals surface area contributed by atoms with Gasteiger partial charge in [0.2, 0.25) is 0 Å². The third-order valence-corrected chi connectivity index (χ3v) is 2.85. The third kappa shape index (κ3) is 4.53. The molecule has 0 spiro atoms. The van der Waals surface area contributed by atoms with Crippen molar-refractivity contribution in [3.05, 3.63) is 41.3 Å². The fraction of sp³-hybridized carbons (Fsp3) is 0.467. The van der Waals surface area contributed by atoms with Gasteiger partial charge in [-0.25, -0.2) is 4.39 Å². The smallest absolute Gasteiger partial charge is 0.264 e. The lowest BCUT2D eigenvalue weighted by Gasteiger charge is -2.09. The van der Waals surface area contributed by atoms with Gasteiger partial charge >= 0.3 is 0 Å². The molecule has 0 amide bonds. The number of halogens is 1. The molecule has 5 nitrogen and oxygen atoms in total. The van der Waals surface area contributed by atoms with Crippen LogP contribution in [0, 0.1) is 5.82 Å². The normalized spacial score (nSPS) is 12.7. The van der Waals surface area contributed by atoms with Crippen molar-refractivity contribution in [3.8, 4) is 5.75 Å². The van der Waals surface area contributed by atoms with Gasteiger partial charge in [-0.1, -0.05) is 19.0 Å². The van der Waals surface area contributed by atoms with Crippen molar-refractivity contribution in [2.24, 2.45) is 5.73 Å². The zero-order valence-electron chi connectivity index (χ0n) is 12.5. The molecule has 0 saturated carbocycles. The number of rotatable bonds is 6. The van der Waals surface area contributed by atoms with Crippen LogP contribution in [0.15, 0.2) is 22.7 Å². The van der Waals surface area contributed by atoms with Gasteiger partial charge in [-0.05, 0) is 31.0 Å². The molecule has 0 aliphatic rings. The lowest BCUT2D eigenvalue weighted by molar-refractivity contribution is 0.241. The summed E-state index contributed by atoms with van der Waals surface area (Å²) < 4.78 is 24.1. The van der Waals surface area contributed by atoms with E-state index in [1.807, 2.05) is 20.8 Å². The second-order valence-electron chi connectivity index (χ2n) is 5.47. The van der Waals surface area contributed by atoms with Gasteiger partial charge in [-0.15, -0.1) is 0 Å². The van der Waals surface area contributed by atoms with E-state index in [1.165, 1.54) is 12.1 Å². The van der Waals surface area contributed by atoms with E-state index in [4.69, 9.17) is 15.0 Å². The maximum absolute atomic E-state index is 13.5. The van der Waals surface area contributed by atoms with Crippen LogP contribution in [-0.4, -0.2) is 16.2 Å². The number of hydrogen-bond acceptors (Lipinski definition) is 5. The summed E-state index contributed by atoms with van der Waals surface area (Å²) in [6, 6.07) is 4.51. The first-order valence-corrected chi connectivity index (χ1v) is 6.94. The van der Waals surface area contributed by atoms with Crippen LogP contribution in [0.4, 0.5) is 4.39 Å². The van der Waals surface area contributed by atoms with Crippen molar-refractivity contribution in [2.75, 3.05) is 0 Å². The second-order valence-corrected chi connectivity index (χ2v) is 5.47. The van der Waals surface area contributed by atoms with Gasteiger partial charge in [0, 0.05) is 18.0 Å². The van der Waals surface area contributed by atoms with Crippen LogP contribution >= 0.6 is 0 Å². The van der Waals surface area contributed by atoms with Gasteiger partial charge in [-0.2, -0.15) is 4.98 Å². The highest BCUT2D eigenvalue weighted by Gasteiger charge is 2.11. The lowest BCUT2D eigenvalue weighted by atomic mass is 10.1. The molecule has 1 aromatic heterocycles. The fourth-order valence-corrected chi connectivity index (χ4v) is 1.90. The zero-order valence-corrected chi connectivity index (χ0v) is 12.5. The van der Waals surface area contributed by atoms with E-state index in [2.05, 4.69) is 10.1 Å². The topological polar surface area (TPSA) is 74.2 Å². The van der Waals surface area contributed by atoms with Crippen LogP contribution in [-0.2, 0) is 13.0 Å². The molecule has 2 aromatic rings. The first-order chi connectivity index (χ1) is 9.94. The molecular weight excluding hydrogens is 273 g/mol. The Balaban J connectivity index is 2.03. The van der Waals surface area contributed by atoms with Gasteiger partial charge in [-0.3, -0.25) is 0 Å². The first kappa shape index (κ1) is 15.4. The highest BCUT2D eigenvalue weighted by atomic mass is 19.1. The summed E-state index contributed by atoms with van der Waals surface area (Å²) in [6.07, 6.45) is 0.589. The fourth-order valence-electron chi connectivity index (χ4n) is 1.90. The van der Waals surface area contributed by atoms with E-state index in [9.17, 15) is 4.39 Å². The maximum Gasteiger partial charge on any atom is 0.264 e. The predicted molar refractivity (Wildman–Crippen MR) is 76.5 cm³/mol. The molecule has 2 N–H and O–H groups in total. The Labute approximate surface area is 123 Å². The molecule has 0 aliphatic heterocycles. The maximum atomic E-state index is 13.5. The summed E-state index contributed by atoms with van der Waals surface area (Å²) in [4.78, 5) is 4.20. The molecule has 1 heterocycles. The summed E-state index contributed by atoms with van der Waals surface area (Å²) in [5, 5.41) is 3.85. The van der Waals surface area contributed by atoms with Gasteiger partial charge in [0.1, 0.15) is 11.6 Å². The Hall–Kier alpha value is -1.95. The first-order valence-electron chi connectivity index (χ1n) is 6.94. The van der Waals surface area contributed by atoms with Crippen molar-refractivity contribution in [1.29, 1.82) is 0 Å². The molecule has 1 unspecified atom stereocenters. The molecule has 0 saturated heterocycles. The quantitative estimate of drug-likeness (QED) is 0.886. The van der Waals surface area contributed by atoms with E-state index in [-0.39, 0.29) is 24.4 Å². The molecule has 6 heteroatoms. The van der Waals surface area contributed by atoms with Gasteiger partial charge < -0.3 is 15.0 Å². The molecule has 114 valence electrons. The van der Waals surface area contributed by atoms with E-state index < -0.39 is 0 Å². The van der Waals surface area contributed by atoms with Crippen molar-refractivity contribution >= 4 is 0 Å². The van der Waals surface area contributed by atoms with Gasteiger partial charge in [0.25, 0.3) is 5.89 Å². The Morgan fingerprint density at radius 3 is 2.67 bits per heavy atom. The summed E-state index contributed by atoms with van der Waals surface area (Å²) >= 11 is 0. The number of nitrogens with two attached hydrogens (primary N) is 1. The molecule has 0 bridgehead atoms. The molecular formula is C15H20FN3O2. The van der Waals surface area contributed by atoms with Crippen molar-refractivity contribution in [2.45, 2.75) is 45.8 Å². The number of hydrogen-bond donors (Lipinski definition) is 1. The Morgan fingerprint density at radius 1 is 1.29 bits per heavy atom. The average molecular weight is 293 g/mol. The molecule has 0 radical (unpaired) electrons. The Bertz CT molecular complexity index is 596. The number of ether oxygens (including phenoxy) is 1. The van der Waals surface area contributed by atoms with E-state index in [0.717, 1.165) is 5.56 Å². The minimum absolute atomic E-state index is 0.0378. The summed E-state index contributed by atoms with van der Waals surface area (Å²) in [5.41, 5.74) is 6.52. The van der Waals surface area contributed by atoms with E-state index in [1.54, 1.807) is 6.07 Å². The monoisotopic (exact) mass is 293 g/mol. The van der Waals surface area contributed by atoms with Gasteiger partial charge in [0.15, 0.2) is 12.4 Å². The van der Waals surface area contributed by atoms with Crippen LogP contribution < -0.4 is 10.5 Å². The Kier molecular flexibility index (Phi) is 4.90. The van der Waals surface area contributed by atoms with Crippen molar-refractivity contribution < 1.29 is 13.7 Å². The molecule has 1 aromatic carbocycles.